The van der Waals surface area contributed by atoms with E-state index < -0.39 is 10.0 Å². The number of sulfonamides is 1. The summed E-state index contributed by atoms with van der Waals surface area (Å²) in [7, 11) is -3.47. The lowest BCUT2D eigenvalue weighted by Crippen LogP contribution is -2.53. The number of benzene rings is 1. The molecule has 6 nitrogen and oxygen atoms in total. The Hall–Kier alpha value is -1.44. The first-order valence-electron chi connectivity index (χ1n) is 9.55. The van der Waals surface area contributed by atoms with Crippen LogP contribution in [0, 0.1) is 11.8 Å². The van der Waals surface area contributed by atoms with Crippen molar-refractivity contribution in [1.29, 1.82) is 0 Å². The second-order valence-electron chi connectivity index (χ2n) is 7.89. The van der Waals surface area contributed by atoms with Gasteiger partial charge in [0.15, 0.2) is 0 Å². The van der Waals surface area contributed by atoms with Gasteiger partial charge in [-0.05, 0) is 55.4 Å². The van der Waals surface area contributed by atoms with Gasteiger partial charge in [0.05, 0.1) is 4.90 Å². The first kappa shape index (κ1) is 17.9. The standard InChI is InChI=1S/C19H27N3O3S/c1-14(23)20-17-4-6-18(7-5-17)26(24,25)22-10-8-21(9-11-22)19-13-15-2-3-16(19)12-15/h4-7,15-16,19H,2-3,8-13H2,1H3,(H,20,23)/t15-,16-,19+/m0/s1. The maximum atomic E-state index is 12.9. The Kier molecular flexibility index (Phi) is 4.79. The monoisotopic (exact) mass is 377 g/mol. The maximum Gasteiger partial charge on any atom is 0.243 e. The second-order valence-corrected chi connectivity index (χ2v) is 9.83. The molecule has 142 valence electrons. The Bertz CT molecular complexity index is 770. The van der Waals surface area contributed by atoms with Crippen molar-refractivity contribution in [1.82, 2.24) is 9.21 Å². The summed E-state index contributed by atoms with van der Waals surface area (Å²) < 4.78 is 27.4. The molecule has 1 aromatic carbocycles. The lowest BCUT2D eigenvalue weighted by molar-refractivity contribution is -0.114. The zero-order valence-corrected chi connectivity index (χ0v) is 16.0. The number of carbonyl (C=O) groups is 1. The quantitative estimate of drug-likeness (QED) is 0.873. The second kappa shape index (κ2) is 6.94. The van der Waals surface area contributed by atoms with Crippen molar-refractivity contribution < 1.29 is 13.2 Å². The van der Waals surface area contributed by atoms with E-state index in [1.165, 1.54) is 32.6 Å². The summed E-state index contributed by atoms with van der Waals surface area (Å²) in [4.78, 5) is 13.9. The van der Waals surface area contributed by atoms with Crippen LogP contribution in [0.15, 0.2) is 29.2 Å². The van der Waals surface area contributed by atoms with E-state index in [1.807, 2.05) is 0 Å². The van der Waals surface area contributed by atoms with E-state index in [4.69, 9.17) is 0 Å². The summed E-state index contributed by atoms with van der Waals surface area (Å²) in [6, 6.07) is 7.10. The van der Waals surface area contributed by atoms with Crippen LogP contribution in [0.2, 0.25) is 0 Å². The molecule has 2 saturated carbocycles. The largest absolute Gasteiger partial charge is 0.326 e. The van der Waals surface area contributed by atoms with Crippen molar-refractivity contribution in [2.24, 2.45) is 11.8 Å². The number of hydrogen-bond donors (Lipinski definition) is 1. The van der Waals surface area contributed by atoms with Crippen molar-refractivity contribution in [2.75, 3.05) is 31.5 Å². The number of fused-ring (bicyclic) bond motifs is 2. The zero-order chi connectivity index (χ0) is 18.3. The van der Waals surface area contributed by atoms with Crippen LogP contribution in [-0.4, -0.2) is 55.8 Å². The first-order valence-corrected chi connectivity index (χ1v) is 11.0. The van der Waals surface area contributed by atoms with Crippen LogP contribution in [0.3, 0.4) is 0 Å². The van der Waals surface area contributed by atoms with E-state index in [2.05, 4.69) is 10.2 Å². The summed E-state index contributed by atoms with van der Waals surface area (Å²) in [5.74, 6) is 1.58. The molecule has 4 rings (SSSR count). The molecule has 1 aromatic rings. The van der Waals surface area contributed by atoms with E-state index in [0.29, 0.717) is 29.7 Å². The molecule has 1 aliphatic heterocycles. The third-order valence-corrected chi connectivity index (χ3v) is 8.17. The Morgan fingerprint density at radius 1 is 1.04 bits per heavy atom. The van der Waals surface area contributed by atoms with Crippen molar-refractivity contribution in [3.05, 3.63) is 24.3 Å². The van der Waals surface area contributed by atoms with Gasteiger partial charge in [0, 0.05) is 44.8 Å². The Balaban J connectivity index is 1.39. The van der Waals surface area contributed by atoms with Gasteiger partial charge in [0.1, 0.15) is 0 Å². The van der Waals surface area contributed by atoms with Crippen LogP contribution in [0.25, 0.3) is 0 Å². The van der Waals surface area contributed by atoms with Gasteiger partial charge in [-0.1, -0.05) is 6.42 Å². The van der Waals surface area contributed by atoms with Gasteiger partial charge >= 0.3 is 0 Å². The molecule has 0 radical (unpaired) electrons. The predicted molar refractivity (Wildman–Crippen MR) is 100 cm³/mol. The van der Waals surface area contributed by atoms with E-state index in [1.54, 1.807) is 28.6 Å². The zero-order valence-electron chi connectivity index (χ0n) is 15.2. The number of hydrogen-bond acceptors (Lipinski definition) is 4. The van der Waals surface area contributed by atoms with Crippen LogP contribution < -0.4 is 5.32 Å². The first-order chi connectivity index (χ1) is 12.4. The highest BCUT2D eigenvalue weighted by atomic mass is 32.2. The van der Waals surface area contributed by atoms with Crippen LogP contribution >= 0.6 is 0 Å². The molecule has 3 atom stereocenters. The Morgan fingerprint density at radius 2 is 1.73 bits per heavy atom. The molecule has 7 heteroatoms. The number of amides is 1. The van der Waals surface area contributed by atoms with Gasteiger partial charge in [0.25, 0.3) is 0 Å². The molecule has 2 bridgehead atoms. The number of piperazine rings is 1. The summed E-state index contributed by atoms with van der Waals surface area (Å²) in [6.07, 6.45) is 5.43. The number of carbonyl (C=O) groups excluding carboxylic acids is 1. The molecule has 0 spiro atoms. The average molecular weight is 378 g/mol. The molecule has 26 heavy (non-hydrogen) atoms. The van der Waals surface area contributed by atoms with Crippen molar-refractivity contribution in [3.63, 3.8) is 0 Å². The van der Waals surface area contributed by atoms with Crippen molar-refractivity contribution in [3.8, 4) is 0 Å². The highest BCUT2D eigenvalue weighted by Crippen LogP contribution is 2.46. The Morgan fingerprint density at radius 3 is 2.27 bits per heavy atom. The summed E-state index contributed by atoms with van der Waals surface area (Å²) in [5.41, 5.74) is 0.609. The minimum absolute atomic E-state index is 0.169. The van der Waals surface area contributed by atoms with Gasteiger partial charge < -0.3 is 5.32 Å². The van der Waals surface area contributed by atoms with Crippen LogP contribution in [-0.2, 0) is 14.8 Å². The van der Waals surface area contributed by atoms with Gasteiger partial charge in [0.2, 0.25) is 15.9 Å². The van der Waals surface area contributed by atoms with Gasteiger partial charge in [-0.2, -0.15) is 4.31 Å². The molecule has 0 aromatic heterocycles. The molecule has 1 saturated heterocycles. The topological polar surface area (TPSA) is 69.7 Å². The molecular formula is C19H27N3O3S. The third-order valence-electron chi connectivity index (χ3n) is 6.26. The summed E-state index contributed by atoms with van der Waals surface area (Å²) in [5, 5.41) is 2.66. The molecule has 1 amide bonds. The fraction of sp³-hybridized carbons (Fsp3) is 0.632. The van der Waals surface area contributed by atoms with E-state index in [9.17, 15) is 13.2 Å². The fourth-order valence-corrected chi connectivity index (χ4v) is 6.42. The molecule has 3 aliphatic rings. The average Bonchev–Trinajstić information content (AvgIpc) is 3.25. The minimum atomic E-state index is -3.47. The number of nitrogens with zero attached hydrogens (tertiary/aromatic N) is 2. The van der Waals surface area contributed by atoms with E-state index >= 15 is 0 Å². The lowest BCUT2D eigenvalue weighted by Gasteiger charge is -2.40. The van der Waals surface area contributed by atoms with Gasteiger partial charge in [-0.3, -0.25) is 9.69 Å². The summed E-state index contributed by atoms with van der Waals surface area (Å²) in [6.45, 7) is 4.21. The normalized spacial score (nSPS) is 29.8. The molecular weight excluding hydrogens is 350 g/mol. The van der Waals surface area contributed by atoms with Crippen LogP contribution in [0.1, 0.15) is 32.6 Å². The Labute approximate surface area is 155 Å². The van der Waals surface area contributed by atoms with Crippen molar-refractivity contribution in [2.45, 2.75) is 43.5 Å². The SMILES string of the molecule is CC(=O)Nc1ccc(S(=O)(=O)N2CCN([C@@H]3C[C@H]4CC[C@H]3C4)CC2)cc1. The fourth-order valence-electron chi connectivity index (χ4n) is 5.00. The minimum Gasteiger partial charge on any atom is -0.326 e. The number of rotatable bonds is 4. The smallest absolute Gasteiger partial charge is 0.243 e. The highest BCUT2D eigenvalue weighted by molar-refractivity contribution is 7.89. The summed E-state index contributed by atoms with van der Waals surface area (Å²) >= 11 is 0. The predicted octanol–water partition coefficient (Wildman–Crippen LogP) is 2.14. The van der Waals surface area contributed by atoms with Crippen LogP contribution in [0.5, 0.6) is 0 Å². The molecule has 1 heterocycles. The van der Waals surface area contributed by atoms with Crippen LogP contribution in [0.4, 0.5) is 5.69 Å². The number of anilines is 1. The molecule has 0 unspecified atom stereocenters. The van der Waals surface area contributed by atoms with Crippen molar-refractivity contribution >= 4 is 21.6 Å². The van der Waals surface area contributed by atoms with E-state index in [-0.39, 0.29) is 5.91 Å². The maximum absolute atomic E-state index is 12.9. The molecule has 2 aliphatic carbocycles. The van der Waals surface area contributed by atoms with Gasteiger partial charge in [-0.15, -0.1) is 0 Å². The lowest BCUT2D eigenvalue weighted by atomic mass is 9.93. The molecule has 1 N–H and O–H groups in total. The van der Waals surface area contributed by atoms with E-state index in [0.717, 1.165) is 24.9 Å². The highest BCUT2D eigenvalue weighted by Gasteiger charge is 2.43. The molecule has 3 fully saturated rings. The third kappa shape index (κ3) is 3.40. The van der Waals surface area contributed by atoms with Gasteiger partial charge in [-0.25, -0.2) is 8.42 Å². The number of nitrogens with one attached hydrogen (secondary N) is 1.